The molecule has 2 aromatic carbocycles. The van der Waals surface area contributed by atoms with E-state index in [1.54, 1.807) is 31.4 Å². The summed E-state index contributed by atoms with van der Waals surface area (Å²) in [6.07, 6.45) is 6.92. The molecule has 3 aromatic heterocycles. The molecule has 6 atom stereocenters. The maximum Gasteiger partial charge on any atom is 0.336 e. The minimum absolute atomic E-state index is 0.122. The van der Waals surface area contributed by atoms with E-state index in [1.165, 1.54) is 58.8 Å². The van der Waals surface area contributed by atoms with Crippen LogP contribution in [0.4, 0.5) is 0 Å². The van der Waals surface area contributed by atoms with Crippen LogP contribution in [0.2, 0.25) is 0 Å². The minimum atomic E-state index is -1.46. The van der Waals surface area contributed by atoms with Gasteiger partial charge in [0.25, 0.3) is 0 Å². The number of carbonyl (C=O) groups is 1. The molecule has 5 aromatic rings. The summed E-state index contributed by atoms with van der Waals surface area (Å²) >= 11 is 0. The molecular weight excluding hydrogens is 757 g/mol. The third-order valence-corrected chi connectivity index (χ3v) is 12.6. The van der Waals surface area contributed by atoms with E-state index in [2.05, 4.69) is 26.0 Å². The summed E-state index contributed by atoms with van der Waals surface area (Å²) in [4.78, 5) is 54.3. The van der Waals surface area contributed by atoms with Gasteiger partial charge in [0.15, 0.2) is 5.78 Å². The Morgan fingerprint density at radius 3 is 1.81 bits per heavy atom. The first-order valence-electron chi connectivity index (χ1n) is 19.4. The van der Waals surface area contributed by atoms with Crippen molar-refractivity contribution in [3.05, 3.63) is 137 Å². The molecule has 59 heavy (non-hydrogen) atoms. The van der Waals surface area contributed by atoms with Gasteiger partial charge < -0.3 is 36.9 Å². The second-order valence-corrected chi connectivity index (χ2v) is 16.3. The number of fused-ring (bicyclic) bond motifs is 5. The zero-order valence-electron chi connectivity index (χ0n) is 34.5. The molecule has 0 saturated heterocycles. The molecule has 1 spiro atoms. The van der Waals surface area contributed by atoms with Gasteiger partial charge in [-0.15, -0.1) is 0 Å². The van der Waals surface area contributed by atoms with E-state index < -0.39 is 57.2 Å². The van der Waals surface area contributed by atoms with Gasteiger partial charge in [0.2, 0.25) is 0 Å². The number of rotatable bonds is 8. The molecule has 0 unspecified atom stereocenters. The first-order valence-corrected chi connectivity index (χ1v) is 19.4. The van der Waals surface area contributed by atoms with Gasteiger partial charge in [-0.1, -0.05) is 30.2 Å². The summed E-state index contributed by atoms with van der Waals surface area (Å²) in [5.74, 6) is -0.975. The zero-order valence-corrected chi connectivity index (χ0v) is 34.5. The van der Waals surface area contributed by atoms with Crippen LogP contribution in [0, 0.1) is 17.3 Å². The summed E-state index contributed by atoms with van der Waals surface area (Å²) in [5, 5.41) is 1.05. The van der Waals surface area contributed by atoms with Crippen molar-refractivity contribution in [1.82, 2.24) is 0 Å². The van der Waals surface area contributed by atoms with Crippen LogP contribution in [0.15, 0.2) is 111 Å². The first-order chi connectivity index (χ1) is 28.2. The molecule has 12 heteroatoms. The number of benzene rings is 2. The standard InChI is InChI=1S/C47H46O12/c1-23(2)16-25-22-46(4)21-24(3)17-29(39-33(54-7)19-31(52-5)27-11-14-36(49)57-43(27)39)41(46)42(40-34(55-8)20-32(53-6)28-12-15-37(50)58-44(28)40)47(25)35(56-9)18-30(48)26-10-13-38(51)59-45(26)47/h10-20,25,29,41-42H,21-22H2,1-9H3/t25-,29-,41+,42+,46+,47-/m1/s1. The van der Waals surface area contributed by atoms with Crippen LogP contribution < -0.4 is 35.8 Å². The van der Waals surface area contributed by atoms with Gasteiger partial charge in [-0.3, -0.25) is 4.79 Å². The molecule has 0 N–H and O–H groups in total. The Balaban J connectivity index is 1.64. The van der Waals surface area contributed by atoms with Gasteiger partial charge in [0.1, 0.15) is 51.1 Å². The predicted molar refractivity (Wildman–Crippen MR) is 220 cm³/mol. The third-order valence-electron chi connectivity index (χ3n) is 12.6. The van der Waals surface area contributed by atoms with E-state index in [0.29, 0.717) is 57.7 Å². The molecule has 0 aliphatic heterocycles. The SMILES string of the molecule is COC1=CC(=O)c2ccc(=O)oc2[C@]12[C@H](C=C(C)C)C[C@]1(C)CC(C)=C[C@H](c3c(OC)cc(OC)c4ccc(=O)oc34)[C@H]1[C@@H]2c1c(OC)cc(OC)c2ccc(=O)oc12. The number of allylic oxidation sites excluding steroid dienone is 6. The number of ether oxygens (including phenoxy) is 5. The summed E-state index contributed by atoms with van der Waals surface area (Å²) in [6, 6.07) is 12.3. The molecule has 0 bridgehead atoms. The molecular formula is C47H46O12. The van der Waals surface area contributed by atoms with Crippen molar-refractivity contribution in [2.45, 2.75) is 57.8 Å². The maximum atomic E-state index is 14.1. The molecule has 3 heterocycles. The summed E-state index contributed by atoms with van der Waals surface area (Å²) in [7, 11) is 7.63. The van der Waals surface area contributed by atoms with Gasteiger partial charge in [-0.05, 0) is 69.1 Å². The highest BCUT2D eigenvalue weighted by atomic mass is 16.5. The maximum absolute atomic E-state index is 14.1. The van der Waals surface area contributed by atoms with Crippen molar-refractivity contribution >= 4 is 27.7 Å². The summed E-state index contributed by atoms with van der Waals surface area (Å²) in [5.41, 5.74) is -0.140. The molecule has 0 amide bonds. The average molecular weight is 803 g/mol. The first kappa shape index (κ1) is 39.5. The molecule has 0 radical (unpaired) electrons. The Bertz CT molecular complexity index is 2830. The lowest BCUT2D eigenvalue weighted by molar-refractivity contribution is -0.0270. The highest BCUT2D eigenvalue weighted by molar-refractivity contribution is 6.07. The van der Waals surface area contributed by atoms with Crippen molar-refractivity contribution in [2.75, 3.05) is 35.5 Å². The molecule has 12 nitrogen and oxygen atoms in total. The van der Waals surface area contributed by atoms with E-state index >= 15 is 0 Å². The molecule has 1 saturated carbocycles. The van der Waals surface area contributed by atoms with Crippen LogP contribution in [0.3, 0.4) is 0 Å². The fourth-order valence-electron chi connectivity index (χ4n) is 10.8. The van der Waals surface area contributed by atoms with E-state index in [-0.39, 0.29) is 28.2 Å². The molecule has 1 fully saturated rings. The second kappa shape index (κ2) is 14.5. The van der Waals surface area contributed by atoms with Crippen LogP contribution in [0.5, 0.6) is 23.0 Å². The van der Waals surface area contributed by atoms with E-state index in [1.807, 2.05) is 13.8 Å². The van der Waals surface area contributed by atoms with E-state index in [9.17, 15) is 19.2 Å². The largest absolute Gasteiger partial charge is 0.500 e. The van der Waals surface area contributed by atoms with Gasteiger partial charge in [-0.25, -0.2) is 14.4 Å². The van der Waals surface area contributed by atoms with Crippen LogP contribution in [0.1, 0.15) is 79.6 Å². The fraction of sp³-hybridized carbons (Fsp3) is 0.362. The molecule has 3 aliphatic carbocycles. The Kier molecular flexibility index (Phi) is 9.72. The van der Waals surface area contributed by atoms with E-state index in [0.717, 1.165) is 11.1 Å². The van der Waals surface area contributed by atoms with Crippen molar-refractivity contribution in [2.24, 2.45) is 17.3 Å². The summed E-state index contributed by atoms with van der Waals surface area (Å²) < 4.78 is 49.2. The van der Waals surface area contributed by atoms with Crippen LogP contribution >= 0.6 is 0 Å². The zero-order chi connectivity index (χ0) is 42.1. The quantitative estimate of drug-likeness (QED) is 0.109. The monoisotopic (exact) mass is 802 g/mol. The van der Waals surface area contributed by atoms with Gasteiger partial charge in [0, 0.05) is 59.4 Å². The Hall–Kier alpha value is -6.30. The van der Waals surface area contributed by atoms with Crippen molar-refractivity contribution in [1.29, 1.82) is 0 Å². The minimum Gasteiger partial charge on any atom is -0.500 e. The van der Waals surface area contributed by atoms with Crippen LogP contribution in [-0.2, 0) is 10.2 Å². The highest BCUT2D eigenvalue weighted by Crippen LogP contribution is 2.72. The van der Waals surface area contributed by atoms with Crippen molar-refractivity contribution < 1.29 is 41.7 Å². The summed E-state index contributed by atoms with van der Waals surface area (Å²) in [6.45, 7) is 8.30. The topological polar surface area (TPSA) is 154 Å². The Morgan fingerprint density at radius 2 is 1.25 bits per heavy atom. The molecule has 3 aliphatic rings. The lowest BCUT2D eigenvalue weighted by atomic mass is 9.40. The van der Waals surface area contributed by atoms with Gasteiger partial charge >= 0.3 is 16.9 Å². The lowest BCUT2D eigenvalue weighted by Gasteiger charge is -2.62. The van der Waals surface area contributed by atoms with Crippen LogP contribution in [-0.4, -0.2) is 41.3 Å². The fourth-order valence-corrected chi connectivity index (χ4v) is 10.8. The molecule has 306 valence electrons. The number of hydrogen-bond acceptors (Lipinski definition) is 12. The number of ketones is 1. The van der Waals surface area contributed by atoms with Gasteiger partial charge in [0.05, 0.1) is 51.9 Å². The number of methoxy groups -OCH3 is 5. The predicted octanol–water partition coefficient (Wildman–Crippen LogP) is 8.38. The Morgan fingerprint density at radius 1 is 0.712 bits per heavy atom. The highest BCUT2D eigenvalue weighted by Gasteiger charge is 2.68. The van der Waals surface area contributed by atoms with Crippen molar-refractivity contribution in [3.8, 4) is 23.0 Å². The third kappa shape index (κ3) is 5.93. The van der Waals surface area contributed by atoms with Crippen molar-refractivity contribution in [3.63, 3.8) is 0 Å². The Labute approximate surface area is 339 Å². The average Bonchev–Trinajstić information content (AvgIpc) is 3.20. The van der Waals surface area contributed by atoms with E-state index in [4.69, 9.17) is 36.9 Å². The smallest absolute Gasteiger partial charge is 0.336 e. The number of carbonyl (C=O) groups excluding carboxylic acids is 1. The lowest BCUT2D eigenvalue weighted by Crippen LogP contribution is -2.58. The second-order valence-electron chi connectivity index (χ2n) is 16.3. The van der Waals surface area contributed by atoms with Gasteiger partial charge in [-0.2, -0.15) is 0 Å². The van der Waals surface area contributed by atoms with Crippen LogP contribution in [0.25, 0.3) is 21.9 Å². The number of hydrogen-bond donors (Lipinski definition) is 0. The molecule has 8 rings (SSSR count). The normalized spacial score (nSPS) is 24.8.